The summed E-state index contributed by atoms with van der Waals surface area (Å²) in [5.41, 5.74) is 1.98. The first-order valence-corrected chi connectivity index (χ1v) is 10.3. The van der Waals surface area contributed by atoms with E-state index >= 15 is 0 Å². The summed E-state index contributed by atoms with van der Waals surface area (Å²) in [7, 11) is 0. The third kappa shape index (κ3) is 4.69. The molecule has 0 aliphatic carbocycles. The minimum absolute atomic E-state index is 0.0927. The molecule has 5 nitrogen and oxygen atoms in total. The molecule has 0 radical (unpaired) electrons. The lowest BCUT2D eigenvalue weighted by molar-refractivity contribution is -0.113. The number of hydrogen-bond donors (Lipinski definition) is 1. The second kappa shape index (κ2) is 9.02. The van der Waals surface area contributed by atoms with Crippen LogP contribution >= 0.6 is 34.8 Å². The highest BCUT2D eigenvalue weighted by atomic mass is 35.5. The average Bonchev–Trinajstić information content (AvgIpc) is 3.01. The number of hydrogen-bond acceptors (Lipinski definition) is 3. The monoisotopic (exact) mass is 472 g/mol. The fraction of sp³-hybridized carbons (Fsp3) is 0.0435. The van der Waals surface area contributed by atoms with Gasteiger partial charge in [-0.05, 0) is 47.5 Å². The zero-order valence-corrected chi connectivity index (χ0v) is 18.2. The molecule has 0 saturated carbocycles. The van der Waals surface area contributed by atoms with Crippen LogP contribution in [0.3, 0.4) is 0 Å². The molecule has 1 N–H and O–H groups in total. The largest absolute Gasteiger partial charge is 0.486 e. The van der Waals surface area contributed by atoms with E-state index in [1.807, 2.05) is 30.3 Å². The van der Waals surface area contributed by atoms with Crippen LogP contribution in [-0.4, -0.2) is 11.9 Å². The molecule has 0 unspecified atom stereocenters. The summed E-state index contributed by atoms with van der Waals surface area (Å²) >= 11 is 18.7. The summed E-state index contributed by atoms with van der Waals surface area (Å²) < 4.78 is 5.76. The van der Waals surface area contributed by atoms with E-state index in [0.29, 0.717) is 38.7 Å². The second-order valence-electron chi connectivity index (χ2n) is 6.70. The summed E-state index contributed by atoms with van der Waals surface area (Å²) in [6.07, 6.45) is 1.50. The van der Waals surface area contributed by atoms with Crippen LogP contribution in [0.5, 0.6) is 5.75 Å². The normalized spacial score (nSPS) is 14.8. The van der Waals surface area contributed by atoms with Crippen molar-refractivity contribution >= 4 is 58.5 Å². The Morgan fingerprint density at radius 1 is 0.903 bits per heavy atom. The van der Waals surface area contributed by atoms with Crippen molar-refractivity contribution in [1.29, 1.82) is 0 Å². The fourth-order valence-corrected chi connectivity index (χ4v) is 3.88. The zero-order valence-electron chi connectivity index (χ0n) is 15.9. The zero-order chi connectivity index (χ0) is 22.0. The molecule has 1 aliphatic rings. The molecule has 1 saturated heterocycles. The van der Waals surface area contributed by atoms with Crippen molar-refractivity contribution in [2.45, 2.75) is 6.61 Å². The maximum atomic E-state index is 12.8. The molecule has 156 valence electrons. The van der Waals surface area contributed by atoms with E-state index in [9.17, 15) is 9.59 Å². The predicted octanol–water partition coefficient (Wildman–Crippen LogP) is 6.32. The smallest absolute Gasteiger partial charge is 0.333 e. The van der Waals surface area contributed by atoms with Crippen molar-refractivity contribution < 1.29 is 14.3 Å². The molecular formula is C23H15Cl3N2O3. The number of amides is 3. The minimum atomic E-state index is -0.571. The van der Waals surface area contributed by atoms with E-state index < -0.39 is 11.9 Å². The Kier molecular flexibility index (Phi) is 6.18. The Balaban J connectivity index is 1.56. The van der Waals surface area contributed by atoms with E-state index in [2.05, 4.69) is 5.32 Å². The lowest BCUT2D eigenvalue weighted by Gasteiger charge is -2.12. The van der Waals surface area contributed by atoms with Crippen LogP contribution in [0.15, 0.2) is 72.4 Å². The molecule has 3 aromatic rings. The van der Waals surface area contributed by atoms with Crippen molar-refractivity contribution in [2.75, 3.05) is 4.90 Å². The van der Waals surface area contributed by atoms with E-state index in [1.54, 1.807) is 30.3 Å². The van der Waals surface area contributed by atoms with Gasteiger partial charge in [-0.25, -0.2) is 9.69 Å². The molecule has 1 fully saturated rings. The number of anilines is 1. The topological polar surface area (TPSA) is 58.6 Å². The summed E-state index contributed by atoms with van der Waals surface area (Å²) in [5.74, 6) is -0.166. The highest BCUT2D eigenvalue weighted by molar-refractivity contribution is 6.37. The summed E-state index contributed by atoms with van der Waals surface area (Å²) in [6, 6.07) is 18.7. The highest BCUT2D eigenvalue weighted by Gasteiger charge is 2.35. The lowest BCUT2D eigenvalue weighted by Crippen LogP contribution is -2.30. The number of carbonyl (C=O) groups excluding carboxylic acids is 2. The number of nitrogens with one attached hydrogen (secondary N) is 1. The Labute approximate surface area is 193 Å². The van der Waals surface area contributed by atoms with Crippen molar-refractivity contribution in [3.05, 3.63) is 98.6 Å². The van der Waals surface area contributed by atoms with Crippen LogP contribution in [0.2, 0.25) is 15.1 Å². The molecule has 4 rings (SSSR count). The first kappa shape index (κ1) is 21.2. The van der Waals surface area contributed by atoms with Gasteiger partial charge in [-0.1, -0.05) is 71.2 Å². The van der Waals surface area contributed by atoms with Gasteiger partial charge in [-0.15, -0.1) is 0 Å². The van der Waals surface area contributed by atoms with Crippen LogP contribution < -0.4 is 15.0 Å². The molecule has 3 amide bonds. The minimum Gasteiger partial charge on any atom is -0.486 e. The van der Waals surface area contributed by atoms with Crippen LogP contribution in [0.25, 0.3) is 6.08 Å². The van der Waals surface area contributed by atoms with Gasteiger partial charge in [0, 0.05) is 5.02 Å². The van der Waals surface area contributed by atoms with Gasteiger partial charge in [-0.3, -0.25) is 4.79 Å². The lowest BCUT2D eigenvalue weighted by atomic mass is 10.1. The van der Waals surface area contributed by atoms with Gasteiger partial charge in [-0.2, -0.15) is 0 Å². The Morgan fingerprint density at radius 3 is 2.29 bits per heavy atom. The number of carbonyl (C=O) groups is 2. The van der Waals surface area contributed by atoms with Crippen molar-refractivity contribution in [2.24, 2.45) is 0 Å². The average molecular weight is 474 g/mol. The van der Waals surface area contributed by atoms with Gasteiger partial charge in [0.1, 0.15) is 12.3 Å². The standard InChI is InChI=1S/C23H15Cl3N2O3/c24-16-7-4-8-17(12-16)28-22(29)20(27-23(28)30)11-15-9-18(25)21(19(26)10-15)31-13-14-5-2-1-3-6-14/h1-12H,13H2,(H,27,30)/b20-11+. The maximum Gasteiger partial charge on any atom is 0.333 e. The van der Waals surface area contributed by atoms with E-state index in [1.165, 1.54) is 12.1 Å². The van der Waals surface area contributed by atoms with Crippen molar-refractivity contribution in [3.8, 4) is 5.75 Å². The van der Waals surface area contributed by atoms with E-state index in [0.717, 1.165) is 10.5 Å². The molecule has 3 aromatic carbocycles. The third-order valence-electron chi connectivity index (χ3n) is 4.50. The number of imide groups is 1. The maximum absolute atomic E-state index is 12.8. The number of ether oxygens (including phenoxy) is 1. The number of halogens is 3. The Morgan fingerprint density at radius 2 is 1.61 bits per heavy atom. The molecule has 0 bridgehead atoms. The van der Waals surface area contributed by atoms with Gasteiger partial charge < -0.3 is 10.1 Å². The summed E-state index contributed by atoms with van der Waals surface area (Å²) in [6.45, 7) is 0.309. The van der Waals surface area contributed by atoms with Gasteiger partial charge in [0.2, 0.25) is 0 Å². The predicted molar refractivity (Wildman–Crippen MR) is 123 cm³/mol. The van der Waals surface area contributed by atoms with Gasteiger partial charge >= 0.3 is 6.03 Å². The van der Waals surface area contributed by atoms with Crippen molar-refractivity contribution in [3.63, 3.8) is 0 Å². The number of benzene rings is 3. The SMILES string of the molecule is O=C1N/C(=C/c2cc(Cl)c(OCc3ccccc3)c(Cl)c2)C(=O)N1c1cccc(Cl)c1. The molecule has 8 heteroatoms. The first-order valence-electron chi connectivity index (χ1n) is 9.21. The quantitative estimate of drug-likeness (QED) is 0.348. The molecule has 1 aliphatic heterocycles. The highest BCUT2D eigenvalue weighted by Crippen LogP contribution is 2.36. The van der Waals surface area contributed by atoms with E-state index in [4.69, 9.17) is 39.5 Å². The molecule has 0 spiro atoms. The number of urea groups is 1. The molecule has 31 heavy (non-hydrogen) atoms. The van der Waals surface area contributed by atoms with Crippen molar-refractivity contribution in [1.82, 2.24) is 5.32 Å². The van der Waals surface area contributed by atoms with Crippen LogP contribution in [0.1, 0.15) is 11.1 Å². The van der Waals surface area contributed by atoms with Gasteiger partial charge in [0.15, 0.2) is 5.75 Å². The van der Waals surface area contributed by atoms with Gasteiger partial charge in [0.25, 0.3) is 5.91 Å². The third-order valence-corrected chi connectivity index (χ3v) is 5.30. The van der Waals surface area contributed by atoms with Crippen LogP contribution in [0.4, 0.5) is 10.5 Å². The van der Waals surface area contributed by atoms with Gasteiger partial charge in [0.05, 0.1) is 15.7 Å². The van der Waals surface area contributed by atoms with Crippen LogP contribution in [0, 0.1) is 0 Å². The summed E-state index contributed by atoms with van der Waals surface area (Å²) in [4.78, 5) is 26.1. The Hall–Kier alpha value is -2.99. The first-order chi connectivity index (χ1) is 14.9. The van der Waals surface area contributed by atoms with E-state index in [-0.39, 0.29) is 5.70 Å². The second-order valence-corrected chi connectivity index (χ2v) is 7.95. The number of rotatable bonds is 5. The molecule has 1 heterocycles. The fourth-order valence-electron chi connectivity index (χ4n) is 3.08. The molecule has 0 aromatic heterocycles. The molecular weight excluding hydrogens is 459 g/mol. The number of nitrogens with zero attached hydrogens (tertiary/aromatic N) is 1. The Bertz CT molecular complexity index is 1170. The summed E-state index contributed by atoms with van der Waals surface area (Å²) in [5, 5.41) is 3.56. The van der Waals surface area contributed by atoms with Crippen LogP contribution in [-0.2, 0) is 11.4 Å². The molecule has 0 atom stereocenters.